The predicted molar refractivity (Wildman–Crippen MR) is 88.9 cm³/mol. The highest BCUT2D eigenvalue weighted by atomic mass is 16.3. The Hall–Kier alpha value is -2.46. The highest BCUT2D eigenvalue weighted by molar-refractivity contribution is 5.85. The van der Waals surface area contributed by atoms with Crippen molar-refractivity contribution in [3.05, 3.63) is 65.6 Å². The van der Waals surface area contributed by atoms with Crippen molar-refractivity contribution in [1.82, 2.24) is 9.97 Å². The van der Waals surface area contributed by atoms with Crippen LogP contribution in [0.5, 0.6) is 0 Å². The number of benzene rings is 1. The number of fused-ring (bicyclic) bond motifs is 1. The van der Waals surface area contributed by atoms with Gasteiger partial charge in [-0.1, -0.05) is 18.2 Å². The quantitative estimate of drug-likeness (QED) is 0.774. The number of aromatic nitrogens is 2. The number of hydrogen-bond acceptors (Lipinski definition) is 4. The number of aryl methyl sites for hydroxylation is 2. The normalized spacial score (nSPS) is 12.3. The summed E-state index contributed by atoms with van der Waals surface area (Å²) >= 11 is 0. The average molecular weight is 293 g/mol. The first-order chi connectivity index (χ1) is 10.6. The first-order valence-electron chi connectivity index (χ1n) is 7.34. The lowest BCUT2D eigenvalue weighted by Crippen LogP contribution is -2.13. The number of aliphatic hydroxyl groups is 1. The minimum atomic E-state index is -0.598. The Labute approximate surface area is 129 Å². The van der Waals surface area contributed by atoms with Crippen LogP contribution in [0.25, 0.3) is 10.9 Å². The molecule has 0 aliphatic carbocycles. The Kier molecular flexibility index (Phi) is 4.02. The van der Waals surface area contributed by atoms with Crippen molar-refractivity contribution in [2.24, 2.45) is 0 Å². The van der Waals surface area contributed by atoms with Crippen molar-refractivity contribution in [2.75, 3.05) is 11.9 Å². The topological polar surface area (TPSA) is 58.0 Å². The van der Waals surface area contributed by atoms with Gasteiger partial charge in [0.05, 0.1) is 11.6 Å². The standard InChI is InChI=1S/C18H19N3O/c1-12-4-3-5-15-16(10-13(2)21-18(12)15)17(22)11-20-14-6-8-19-9-7-14/h3-10,17,22H,11H2,1-2H3,(H,19,20). The molecule has 112 valence electrons. The third-order valence-corrected chi connectivity index (χ3v) is 3.74. The van der Waals surface area contributed by atoms with E-state index in [2.05, 4.69) is 15.3 Å². The summed E-state index contributed by atoms with van der Waals surface area (Å²) in [5.41, 5.74) is 4.85. The lowest BCUT2D eigenvalue weighted by molar-refractivity contribution is 0.193. The van der Waals surface area contributed by atoms with Gasteiger partial charge in [0.2, 0.25) is 0 Å². The van der Waals surface area contributed by atoms with Gasteiger partial charge in [0.15, 0.2) is 0 Å². The maximum Gasteiger partial charge on any atom is 0.0969 e. The molecule has 0 saturated heterocycles. The fraction of sp³-hybridized carbons (Fsp3) is 0.222. The van der Waals surface area contributed by atoms with Crippen molar-refractivity contribution in [3.63, 3.8) is 0 Å². The second kappa shape index (κ2) is 6.12. The highest BCUT2D eigenvalue weighted by Crippen LogP contribution is 2.26. The summed E-state index contributed by atoms with van der Waals surface area (Å²) in [6.45, 7) is 4.44. The molecule has 1 unspecified atom stereocenters. The van der Waals surface area contributed by atoms with Gasteiger partial charge in [0.25, 0.3) is 0 Å². The predicted octanol–water partition coefficient (Wildman–Crippen LogP) is 3.39. The van der Waals surface area contributed by atoms with Crippen molar-refractivity contribution in [1.29, 1.82) is 0 Å². The Bertz CT molecular complexity index is 787. The van der Waals surface area contributed by atoms with E-state index in [1.54, 1.807) is 12.4 Å². The van der Waals surface area contributed by atoms with Crippen LogP contribution in [0, 0.1) is 13.8 Å². The molecule has 4 nitrogen and oxygen atoms in total. The summed E-state index contributed by atoms with van der Waals surface area (Å²) in [5.74, 6) is 0. The number of nitrogens with zero attached hydrogens (tertiary/aromatic N) is 2. The lowest BCUT2D eigenvalue weighted by Gasteiger charge is -2.16. The molecular formula is C18H19N3O. The zero-order valence-corrected chi connectivity index (χ0v) is 12.7. The molecule has 22 heavy (non-hydrogen) atoms. The van der Waals surface area contributed by atoms with E-state index in [1.165, 1.54) is 0 Å². The molecule has 3 aromatic rings. The van der Waals surface area contributed by atoms with Crippen molar-refractivity contribution >= 4 is 16.6 Å². The van der Waals surface area contributed by atoms with E-state index in [1.807, 2.05) is 50.2 Å². The third kappa shape index (κ3) is 2.92. The molecule has 2 aromatic heterocycles. The summed E-state index contributed by atoms with van der Waals surface area (Å²) in [5, 5.41) is 14.8. The SMILES string of the molecule is Cc1cc(C(O)CNc2ccncc2)c2cccc(C)c2n1. The monoisotopic (exact) mass is 293 g/mol. The number of nitrogens with one attached hydrogen (secondary N) is 1. The van der Waals surface area contributed by atoms with Crippen LogP contribution in [0.3, 0.4) is 0 Å². The van der Waals surface area contributed by atoms with Crippen LogP contribution >= 0.6 is 0 Å². The first-order valence-corrected chi connectivity index (χ1v) is 7.34. The van der Waals surface area contributed by atoms with Crippen molar-refractivity contribution in [2.45, 2.75) is 20.0 Å². The summed E-state index contributed by atoms with van der Waals surface area (Å²) in [6.07, 6.45) is 2.85. The minimum absolute atomic E-state index is 0.441. The largest absolute Gasteiger partial charge is 0.387 e. The van der Waals surface area contributed by atoms with Crippen molar-refractivity contribution in [3.8, 4) is 0 Å². The van der Waals surface area contributed by atoms with Crippen LogP contribution in [-0.4, -0.2) is 21.6 Å². The van der Waals surface area contributed by atoms with Crippen LogP contribution in [-0.2, 0) is 0 Å². The molecule has 0 aliphatic rings. The first kappa shape index (κ1) is 14.5. The Morgan fingerprint density at radius 2 is 1.91 bits per heavy atom. The van der Waals surface area contributed by atoms with Gasteiger partial charge < -0.3 is 10.4 Å². The van der Waals surface area contributed by atoms with Gasteiger partial charge in [-0.3, -0.25) is 9.97 Å². The molecule has 1 aromatic carbocycles. The van der Waals surface area contributed by atoms with Gasteiger partial charge in [-0.15, -0.1) is 0 Å². The molecular weight excluding hydrogens is 274 g/mol. The molecule has 0 radical (unpaired) electrons. The van der Waals surface area contributed by atoms with Crippen molar-refractivity contribution < 1.29 is 5.11 Å². The van der Waals surface area contributed by atoms with Gasteiger partial charge in [0.1, 0.15) is 0 Å². The van der Waals surface area contributed by atoms with Gasteiger partial charge in [-0.05, 0) is 43.2 Å². The van der Waals surface area contributed by atoms with E-state index in [-0.39, 0.29) is 0 Å². The number of hydrogen-bond donors (Lipinski definition) is 2. The molecule has 0 spiro atoms. The third-order valence-electron chi connectivity index (χ3n) is 3.74. The smallest absolute Gasteiger partial charge is 0.0969 e. The van der Waals surface area contributed by atoms with E-state index >= 15 is 0 Å². The van der Waals surface area contributed by atoms with E-state index in [0.717, 1.165) is 33.4 Å². The molecule has 0 saturated carbocycles. The Balaban J connectivity index is 1.90. The fourth-order valence-corrected chi connectivity index (χ4v) is 2.62. The van der Waals surface area contributed by atoms with Crippen LogP contribution in [0.1, 0.15) is 22.9 Å². The molecule has 3 rings (SSSR count). The number of anilines is 1. The Morgan fingerprint density at radius 3 is 2.68 bits per heavy atom. The van der Waals surface area contributed by atoms with E-state index in [9.17, 15) is 5.11 Å². The summed E-state index contributed by atoms with van der Waals surface area (Å²) in [6, 6.07) is 11.8. The fourth-order valence-electron chi connectivity index (χ4n) is 2.62. The summed E-state index contributed by atoms with van der Waals surface area (Å²) in [4.78, 5) is 8.58. The molecule has 4 heteroatoms. The molecule has 0 fully saturated rings. The maximum atomic E-state index is 10.6. The summed E-state index contributed by atoms with van der Waals surface area (Å²) in [7, 11) is 0. The molecule has 2 heterocycles. The number of pyridine rings is 2. The zero-order valence-electron chi connectivity index (χ0n) is 12.7. The van der Waals surface area contributed by atoms with Gasteiger partial charge in [-0.2, -0.15) is 0 Å². The second-order valence-corrected chi connectivity index (χ2v) is 5.46. The molecule has 2 N–H and O–H groups in total. The zero-order chi connectivity index (χ0) is 15.5. The summed E-state index contributed by atoms with van der Waals surface area (Å²) < 4.78 is 0. The Morgan fingerprint density at radius 1 is 1.14 bits per heavy atom. The van der Waals surface area contributed by atoms with Crippen LogP contribution < -0.4 is 5.32 Å². The number of para-hydroxylation sites is 1. The van der Waals surface area contributed by atoms with E-state index in [0.29, 0.717) is 6.54 Å². The van der Waals surface area contributed by atoms with Crippen LogP contribution in [0.4, 0.5) is 5.69 Å². The van der Waals surface area contributed by atoms with Gasteiger partial charge in [-0.25, -0.2) is 0 Å². The van der Waals surface area contributed by atoms with Gasteiger partial charge in [0, 0.05) is 35.7 Å². The molecule has 1 atom stereocenters. The van der Waals surface area contributed by atoms with Crippen LogP contribution in [0.15, 0.2) is 48.8 Å². The van der Waals surface area contributed by atoms with E-state index < -0.39 is 6.10 Å². The van der Waals surface area contributed by atoms with Gasteiger partial charge >= 0.3 is 0 Å². The number of rotatable bonds is 4. The minimum Gasteiger partial charge on any atom is -0.387 e. The van der Waals surface area contributed by atoms with Crippen LogP contribution in [0.2, 0.25) is 0 Å². The molecule has 0 amide bonds. The molecule has 0 bridgehead atoms. The molecule has 0 aliphatic heterocycles. The highest BCUT2D eigenvalue weighted by Gasteiger charge is 2.13. The second-order valence-electron chi connectivity index (χ2n) is 5.46. The lowest BCUT2D eigenvalue weighted by atomic mass is 10.0. The maximum absolute atomic E-state index is 10.6. The van der Waals surface area contributed by atoms with E-state index in [4.69, 9.17) is 0 Å². The average Bonchev–Trinajstić information content (AvgIpc) is 2.54. The number of aliphatic hydroxyl groups excluding tert-OH is 1.